The van der Waals surface area contributed by atoms with Crippen LogP contribution in [-0.4, -0.2) is 30.3 Å². The normalized spacial score (nSPS) is 8.75. The van der Waals surface area contributed by atoms with Gasteiger partial charge in [-0.2, -0.15) is 8.42 Å². The Morgan fingerprint density at radius 1 is 1.50 bits per heavy atom. The Hall–Kier alpha value is 0.292. The summed E-state index contributed by atoms with van der Waals surface area (Å²) in [4.78, 5) is 0. The molecule has 0 bridgehead atoms. The smallest absolute Gasteiger partial charge is 0.344 e. The molecule has 4 N–H and O–H groups in total. The van der Waals surface area contributed by atoms with Crippen molar-refractivity contribution in [1.29, 1.82) is 0 Å². The van der Waals surface area contributed by atoms with Gasteiger partial charge in [0, 0.05) is 0 Å². The predicted molar refractivity (Wildman–Crippen MR) is 28.7 cm³/mol. The highest BCUT2D eigenvalue weighted by Gasteiger charge is 1.99. The lowest BCUT2D eigenvalue weighted by molar-refractivity contribution is -0.0113. The summed E-state index contributed by atoms with van der Waals surface area (Å²) >= 11 is 0. The largest absolute Gasteiger partial charge is 0.428 e. The molecule has 0 saturated carbocycles. The minimum atomic E-state index is -4.83. The Morgan fingerprint density at radius 3 is 1.62 bits per heavy atom. The van der Waals surface area contributed by atoms with E-state index in [4.69, 9.17) is 13.0 Å². The van der Waals surface area contributed by atoms with Crippen LogP contribution in [0.25, 0.3) is 0 Å². The van der Waals surface area contributed by atoms with E-state index in [9.17, 15) is 4.53 Å². The van der Waals surface area contributed by atoms with Crippen molar-refractivity contribution in [3.8, 4) is 0 Å². The molecule has 0 rings (SSSR count). The molecule has 0 heterocycles. The highest BCUT2D eigenvalue weighted by Crippen LogP contribution is 1.81. The Balaban J connectivity index is -0.000000125. The summed E-state index contributed by atoms with van der Waals surface area (Å²) in [6, 6.07) is 0. The zero-order valence-corrected chi connectivity index (χ0v) is 3.98. The maximum absolute atomic E-state index is 10.2. The maximum Gasteiger partial charge on any atom is 0.428 e. The maximum atomic E-state index is 10.2. The average Bonchev–Trinajstić information content (AvgIpc) is 1.35. The van der Waals surface area contributed by atoms with Crippen molar-refractivity contribution in [2.45, 2.75) is 0 Å². The third-order valence-electron chi connectivity index (χ3n) is 0.0796. The predicted octanol–water partition coefficient (Wildman–Crippen LogP) is -1.33. The first-order valence-corrected chi connectivity index (χ1v) is 2.20. The van der Waals surface area contributed by atoms with E-state index in [1.54, 1.807) is 0 Å². The number of hydrogen-bond donors (Lipinski definition) is 2. The molecule has 0 fully saturated rings. The molecular formula is H7AlFNO4S. The summed E-state index contributed by atoms with van der Waals surface area (Å²) in [6.45, 7) is 0. The topological polar surface area (TPSA) is 98.6 Å². The highest BCUT2D eigenvalue weighted by atomic mass is 32.3. The minimum absolute atomic E-state index is 0. The quantitative estimate of drug-likeness (QED) is 0.368. The van der Waals surface area contributed by atoms with Gasteiger partial charge in [-0.05, 0) is 8.91 Å². The van der Waals surface area contributed by atoms with E-state index >= 15 is 0 Å². The molecule has 52 valence electrons. The summed E-state index contributed by atoms with van der Waals surface area (Å²) in [5.74, 6) is 0. The molecule has 0 radical (unpaired) electrons. The second kappa shape index (κ2) is 5.43. The van der Waals surface area contributed by atoms with Crippen molar-refractivity contribution < 1.29 is 21.9 Å². The molecule has 0 aliphatic rings. The lowest BCUT2D eigenvalue weighted by Gasteiger charge is -1.75. The fourth-order valence-electron chi connectivity index (χ4n) is 0. The molecule has 0 atom stereocenters. The van der Waals surface area contributed by atoms with Crippen molar-refractivity contribution in [2.24, 2.45) is 0 Å². The number of rotatable bonds is 1. The van der Waals surface area contributed by atoms with Gasteiger partial charge < -0.3 is 6.15 Å². The van der Waals surface area contributed by atoms with E-state index in [0.717, 1.165) is 0 Å². The van der Waals surface area contributed by atoms with Gasteiger partial charge in [0.15, 0.2) is 17.4 Å². The van der Waals surface area contributed by atoms with Crippen molar-refractivity contribution in [2.75, 3.05) is 0 Å². The molecule has 0 aromatic rings. The van der Waals surface area contributed by atoms with Crippen LogP contribution in [0.15, 0.2) is 0 Å². The van der Waals surface area contributed by atoms with E-state index in [0.29, 0.717) is 0 Å². The molecule has 0 unspecified atom stereocenters. The molecular weight excluding hydrogens is 156 g/mol. The Labute approximate surface area is 56.4 Å². The molecule has 0 aromatic heterocycles. The van der Waals surface area contributed by atoms with Crippen LogP contribution in [0, 0.1) is 0 Å². The zero-order valence-electron chi connectivity index (χ0n) is 3.17. The highest BCUT2D eigenvalue weighted by molar-refractivity contribution is 7.80. The van der Waals surface area contributed by atoms with Crippen LogP contribution in [0.2, 0.25) is 0 Å². The van der Waals surface area contributed by atoms with Crippen molar-refractivity contribution in [3.63, 3.8) is 0 Å². The molecule has 8 heteroatoms. The van der Waals surface area contributed by atoms with Crippen LogP contribution in [0.1, 0.15) is 0 Å². The van der Waals surface area contributed by atoms with Gasteiger partial charge in [-0.3, -0.25) is 4.55 Å². The molecule has 0 aromatic carbocycles. The molecule has 8 heavy (non-hydrogen) atoms. The van der Waals surface area contributed by atoms with Crippen LogP contribution in [-0.2, 0) is 14.8 Å². The van der Waals surface area contributed by atoms with Gasteiger partial charge >= 0.3 is 10.4 Å². The fraction of sp³-hybridized carbons (Fsp3) is 0. The van der Waals surface area contributed by atoms with Gasteiger partial charge in [0.1, 0.15) is 0 Å². The first-order valence-electron chi connectivity index (χ1n) is 0.837. The lowest BCUT2D eigenvalue weighted by atomic mass is 14.0. The molecule has 0 amide bonds. The van der Waals surface area contributed by atoms with E-state index in [1.165, 1.54) is 0 Å². The monoisotopic (exact) mass is 163 g/mol. The second-order valence-corrected chi connectivity index (χ2v) is 1.47. The van der Waals surface area contributed by atoms with Gasteiger partial charge in [0.25, 0.3) is 0 Å². The summed E-state index contributed by atoms with van der Waals surface area (Å²) in [5.41, 5.74) is 0. The van der Waals surface area contributed by atoms with Crippen molar-refractivity contribution in [3.05, 3.63) is 0 Å². The number of halogens is 1. The summed E-state index contributed by atoms with van der Waals surface area (Å²) in [7, 11) is -4.83. The van der Waals surface area contributed by atoms with Crippen LogP contribution in [0.3, 0.4) is 0 Å². The molecule has 5 nitrogen and oxygen atoms in total. The zero-order chi connectivity index (χ0) is 5.21. The Kier molecular flexibility index (Phi) is 10.7. The van der Waals surface area contributed by atoms with Gasteiger partial charge in [0.2, 0.25) is 0 Å². The van der Waals surface area contributed by atoms with Gasteiger partial charge in [-0.25, -0.2) is 0 Å². The van der Waals surface area contributed by atoms with Crippen molar-refractivity contribution in [1.82, 2.24) is 6.15 Å². The molecule has 0 aliphatic carbocycles. The van der Waals surface area contributed by atoms with Crippen LogP contribution in [0.5, 0.6) is 0 Å². The fourth-order valence-corrected chi connectivity index (χ4v) is 0. The van der Waals surface area contributed by atoms with E-state index in [-0.39, 0.29) is 23.5 Å². The lowest BCUT2D eigenvalue weighted by Crippen LogP contribution is -1.93. The second-order valence-electron chi connectivity index (χ2n) is 0.491. The first kappa shape index (κ1) is 15.7. The Morgan fingerprint density at radius 2 is 1.62 bits per heavy atom. The standard InChI is InChI=1S/Al.FHO4S.H3N.3H/c;1-5-6(2,3)4;;;;/h;(H,2,3,4);1H3;;;. The van der Waals surface area contributed by atoms with Crippen LogP contribution < -0.4 is 6.15 Å². The number of hydrogen-bond acceptors (Lipinski definition) is 4. The van der Waals surface area contributed by atoms with Gasteiger partial charge in [-0.1, -0.05) is 0 Å². The van der Waals surface area contributed by atoms with E-state index in [2.05, 4.69) is 0 Å². The van der Waals surface area contributed by atoms with Crippen LogP contribution in [0.4, 0.5) is 4.53 Å². The summed E-state index contributed by atoms with van der Waals surface area (Å²) in [5, 5.41) is 0. The molecule has 0 saturated heterocycles. The van der Waals surface area contributed by atoms with Crippen molar-refractivity contribution >= 4 is 27.8 Å². The third-order valence-corrected chi connectivity index (χ3v) is 0.239. The third kappa shape index (κ3) is 16.3. The minimum Gasteiger partial charge on any atom is -0.344 e. The first-order chi connectivity index (χ1) is 2.56. The Bertz CT molecular complexity index is 118. The summed E-state index contributed by atoms with van der Waals surface area (Å²) in [6.07, 6.45) is 0. The molecule has 0 aliphatic heterocycles. The van der Waals surface area contributed by atoms with Crippen LogP contribution >= 0.6 is 0 Å². The van der Waals surface area contributed by atoms with Gasteiger partial charge in [0.05, 0.1) is 0 Å². The summed E-state index contributed by atoms with van der Waals surface area (Å²) < 4.78 is 37.2. The SMILES string of the molecule is N.O=S(=O)(O)OF.[AlH3]. The van der Waals surface area contributed by atoms with E-state index < -0.39 is 10.4 Å². The van der Waals surface area contributed by atoms with E-state index in [1.807, 2.05) is 4.39 Å². The average molecular weight is 163 g/mol. The van der Waals surface area contributed by atoms with Gasteiger partial charge in [-0.15, -0.1) is 0 Å². The molecule has 0 spiro atoms.